The molecule has 4 amide bonds. The zero-order valence-corrected chi connectivity index (χ0v) is 15.4. The number of nitrogens with zero attached hydrogens (tertiary/aromatic N) is 1. The standard InChI is InChI=1S/C19H27N3O3/c1-5-7-8-14(6-2)11-22-12(3)9-15(10-13(22)4)16-17(23)20-19(25)21-18(16)24/h9-10,14H,5-8,11H2,1-4H3,(H2,20,21,23,24,25). The number of hydrogen-bond donors (Lipinski definition) is 2. The van der Waals surface area contributed by atoms with E-state index in [0.29, 0.717) is 11.5 Å². The zero-order chi connectivity index (χ0) is 18.6. The van der Waals surface area contributed by atoms with Crippen LogP contribution in [0.5, 0.6) is 0 Å². The van der Waals surface area contributed by atoms with E-state index >= 15 is 0 Å². The van der Waals surface area contributed by atoms with Crippen LogP contribution < -0.4 is 10.6 Å². The van der Waals surface area contributed by atoms with Crippen molar-refractivity contribution in [3.8, 4) is 0 Å². The van der Waals surface area contributed by atoms with Crippen molar-refractivity contribution in [3.05, 3.63) is 34.7 Å². The van der Waals surface area contributed by atoms with Crippen molar-refractivity contribution in [2.45, 2.75) is 53.4 Å². The number of amides is 4. The molecule has 0 spiro atoms. The monoisotopic (exact) mass is 345 g/mol. The first-order valence-corrected chi connectivity index (χ1v) is 8.92. The average molecular weight is 345 g/mol. The molecule has 2 aliphatic rings. The van der Waals surface area contributed by atoms with E-state index in [1.165, 1.54) is 19.3 Å². The van der Waals surface area contributed by atoms with Crippen molar-refractivity contribution in [3.63, 3.8) is 0 Å². The second-order valence-electron chi connectivity index (χ2n) is 6.67. The third-order valence-electron chi connectivity index (χ3n) is 4.76. The Morgan fingerprint density at radius 1 is 1.00 bits per heavy atom. The number of nitrogens with one attached hydrogen (secondary N) is 2. The lowest BCUT2D eigenvalue weighted by atomic mass is 9.95. The lowest BCUT2D eigenvalue weighted by Crippen LogP contribution is -2.52. The molecule has 136 valence electrons. The molecule has 1 atom stereocenters. The molecule has 6 heteroatoms. The quantitative estimate of drug-likeness (QED) is 0.573. The fourth-order valence-corrected chi connectivity index (χ4v) is 3.26. The molecule has 0 aromatic carbocycles. The Labute approximate surface area is 149 Å². The molecule has 0 aliphatic carbocycles. The maximum atomic E-state index is 12.0. The summed E-state index contributed by atoms with van der Waals surface area (Å²) < 4.78 is 0. The number of barbiturate groups is 1. The minimum absolute atomic E-state index is 0.0176. The molecule has 0 radical (unpaired) electrons. The number of imide groups is 2. The molecule has 0 aromatic heterocycles. The van der Waals surface area contributed by atoms with E-state index in [1.54, 1.807) is 0 Å². The van der Waals surface area contributed by atoms with Crippen LogP contribution in [0.4, 0.5) is 4.79 Å². The topological polar surface area (TPSA) is 78.5 Å². The van der Waals surface area contributed by atoms with E-state index in [1.807, 2.05) is 26.0 Å². The summed E-state index contributed by atoms with van der Waals surface area (Å²) in [5.41, 5.74) is 2.51. The Balaban J connectivity index is 2.24. The number of urea groups is 1. The van der Waals surface area contributed by atoms with Crippen molar-refractivity contribution in [2.24, 2.45) is 5.92 Å². The summed E-state index contributed by atoms with van der Waals surface area (Å²) in [5, 5.41) is 4.25. The van der Waals surface area contributed by atoms with E-state index in [-0.39, 0.29) is 5.57 Å². The van der Waals surface area contributed by atoms with Crippen LogP contribution >= 0.6 is 0 Å². The molecule has 25 heavy (non-hydrogen) atoms. The molecule has 0 bridgehead atoms. The Morgan fingerprint density at radius 2 is 1.56 bits per heavy atom. The molecule has 2 heterocycles. The van der Waals surface area contributed by atoms with Gasteiger partial charge in [0.15, 0.2) is 0 Å². The van der Waals surface area contributed by atoms with Crippen LogP contribution in [0.25, 0.3) is 0 Å². The van der Waals surface area contributed by atoms with Gasteiger partial charge in [0.05, 0.1) is 0 Å². The second-order valence-corrected chi connectivity index (χ2v) is 6.67. The van der Waals surface area contributed by atoms with Crippen LogP contribution in [0.3, 0.4) is 0 Å². The summed E-state index contributed by atoms with van der Waals surface area (Å²) >= 11 is 0. The van der Waals surface area contributed by atoms with Crippen molar-refractivity contribution in [1.82, 2.24) is 15.5 Å². The minimum Gasteiger partial charge on any atom is -0.349 e. The number of carbonyl (C=O) groups excluding carboxylic acids is 3. The molecule has 2 rings (SSSR count). The van der Waals surface area contributed by atoms with Crippen LogP contribution in [-0.4, -0.2) is 29.3 Å². The SMILES string of the molecule is CCCCC(CC)CN1C(C)=CC(=C2C(=O)NC(=O)NC2=O)C=C1C. The van der Waals surface area contributed by atoms with Crippen molar-refractivity contribution in [1.29, 1.82) is 0 Å². The normalized spacial score (nSPS) is 19.4. The largest absolute Gasteiger partial charge is 0.349 e. The predicted molar refractivity (Wildman–Crippen MR) is 96.2 cm³/mol. The van der Waals surface area contributed by atoms with Gasteiger partial charge in [0.2, 0.25) is 0 Å². The first-order chi connectivity index (χ1) is 11.9. The van der Waals surface area contributed by atoms with Gasteiger partial charge in [-0.25, -0.2) is 4.79 Å². The highest BCUT2D eigenvalue weighted by Gasteiger charge is 2.31. The van der Waals surface area contributed by atoms with Crippen LogP contribution in [0.15, 0.2) is 34.7 Å². The smallest absolute Gasteiger partial charge is 0.328 e. The van der Waals surface area contributed by atoms with Crippen LogP contribution in [0, 0.1) is 5.92 Å². The van der Waals surface area contributed by atoms with E-state index in [2.05, 4.69) is 29.4 Å². The fraction of sp³-hybridized carbons (Fsp3) is 0.526. The summed E-state index contributed by atoms with van der Waals surface area (Å²) in [5.74, 6) is -0.695. The maximum Gasteiger partial charge on any atom is 0.328 e. The van der Waals surface area contributed by atoms with Gasteiger partial charge in [-0.2, -0.15) is 0 Å². The van der Waals surface area contributed by atoms with E-state index in [4.69, 9.17) is 0 Å². The Bertz CT molecular complexity index is 629. The highest BCUT2D eigenvalue weighted by atomic mass is 16.2. The summed E-state index contributed by atoms with van der Waals surface area (Å²) in [6.07, 6.45) is 8.41. The molecular formula is C19H27N3O3. The lowest BCUT2D eigenvalue weighted by Gasteiger charge is -2.33. The van der Waals surface area contributed by atoms with Gasteiger partial charge in [-0.05, 0) is 43.9 Å². The third-order valence-corrected chi connectivity index (χ3v) is 4.76. The molecule has 1 unspecified atom stereocenters. The number of allylic oxidation sites excluding steroid dienone is 5. The number of hydrogen-bond acceptors (Lipinski definition) is 4. The number of unbranched alkanes of at least 4 members (excludes halogenated alkanes) is 1. The van der Waals surface area contributed by atoms with Gasteiger partial charge in [0.1, 0.15) is 5.57 Å². The third kappa shape index (κ3) is 4.38. The van der Waals surface area contributed by atoms with Gasteiger partial charge in [-0.1, -0.05) is 33.1 Å². The van der Waals surface area contributed by atoms with Gasteiger partial charge in [0, 0.05) is 17.9 Å². The highest BCUT2D eigenvalue weighted by Crippen LogP contribution is 2.28. The minimum atomic E-state index is -0.778. The first-order valence-electron chi connectivity index (χ1n) is 8.92. The van der Waals surface area contributed by atoms with Crippen molar-refractivity contribution in [2.75, 3.05) is 6.54 Å². The van der Waals surface area contributed by atoms with Crippen molar-refractivity contribution >= 4 is 17.8 Å². The number of rotatable bonds is 6. The molecule has 1 saturated heterocycles. The molecular weight excluding hydrogens is 318 g/mol. The van der Waals surface area contributed by atoms with Crippen LogP contribution in [-0.2, 0) is 9.59 Å². The molecule has 0 aromatic rings. The maximum absolute atomic E-state index is 12.0. The van der Waals surface area contributed by atoms with Gasteiger partial charge < -0.3 is 4.90 Å². The average Bonchev–Trinajstić information content (AvgIpc) is 2.52. The predicted octanol–water partition coefficient (Wildman–Crippen LogP) is 2.99. The highest BCUT2D eigenvalue weighted by molar-refractivity contribution is 6.29. The summed E-state index contributed by atoms with van der Waals surface area (Å²) in [6, 6.07) is -0.778. The summed E-state index contributed by atoms with van der Waals surface area (Å²) in [4.78, 5) is 37.5. The van der Waals surface area contributed by atoms with E-state index in [0.717, 1.165) is 24.4 Å². The van der Waals surface area contributed by atoms with Gasteiger partial charge in [-0.15, -0.1) is 0 Å². The molecule has 2 N–H and O–H groups in total. The van der Waals surface area contributed by atoms with E-state index < -0.39 is 17.8 Å². The van der Waals surface area contributed by atoms with Crippen LogP contribution in [0.1, 0.15) is 53.4 Å². The Kier molecular flexibility index (Phi) is 6.17. The fourth-order valence-electron chi connectivity index (χ4n) is 3.26. The lowest BCUT2D eigenvalue weighted by molar-refractivity contribution is -0.124. The Morgan fingerprint density at radius 3 is 2.04 bits per heavy atom. The first kappa shape index (κ1) is 19.0. The van der Waals surface area contributed by atoms with Gasteiger partial charge in [0.25, 0.3) is 11.8 Å². The van der Waals surface area contributed by atoms with Gasteiger partial charge >= 0.3 is 6.03 Å². The molecule has 2 aliphatic heterocycles. The summed E-state index contributed by atoms with van der Waals surface area (Å²) in [7, 11) is 0. The zero-order valence-electron chi connectivity index (χ0n) is 15.4. The molecule has 6 nitrogen and oxygen atoms in total. The van der Waals surface area contributed by atoms with E-state index in [9.17, 15) is 14.4 Å². The summed E-state index contributed by atoms with van der Waals surface area (Å²) in [6.45, 7) is 9.30. The molecule has 0 saturated carbocycles. The second kappa shape index (κ2) is 8.14. The van der Waals surface area contributed by atoms with Crippen LogP contribution in [0.2, 0.25) is 0 Å². The van der Waals surface area contributed by atoms with Crippen molar-refractivity contribution < 1.29 is 14.4 Å². The Hall–Kier alpha value is -2.37. The number of carbonyl (C=O) groups is 3. The molecule has 1 fully saturated rings. The van der Waals surface area contributed by atoms with Gasteiger partial charge in [-0.3, -0.25) is 20.2 Å².